The fourth-order valence-electron chi connectivity index (χ4n) is 1.26. The maximum Gasteiger partial charge on any atom is 0.252 e. The van der Waals surface area contributed by atoms with Gasteiger partial charge in [0.05, 0.1) is 23.3 Å². The monoisotopic (exact) mass is 202 g/mol. The van der Waals surface area contributed by atoms with Gasteiger partial charge in [-0.05, 0) is 31.0 Å². The van der Waals surface area contributed by atoms with Crippen LogP contribution in [0.4, 0.5) is 0 Å². The molecule has 0 heterocycles. The van der Waals surface area contributed by atoms with Gasteiger partial charge in [0.2, 0.25) is 0 Å². The minimum Gasteiger partial charge on any atom is -0.490 e. The van der Waals surface area contributed by atoms with E-state index < -0.39 is 5.91 Å². The van der Waals surface area contributed by atoms with Crippen molar-refractivity contribution in [3.8, 4) is 11.8 Å². The summed E-state index contributed by atoms with van der Waals surface area (Å²) in [5.74, 6) is -0.112. The van der Waals surface area contributed by atoms with Crippen molar-refractivity contribution in [2.75, 3.05) is 0 Å². The smallest absolute Gasteiger partial charge is 0.252 e. The first-order chi connectivity index (χ1) is 7.20. The molecule has 0 radical (unpaired) electrons. The first-order valence-corrected chi connectivity index (χ1v) is 4.71. The summed E-state index contributed by atoms with van der Waals surface area (Å²) in [6.07, 6.45) is 2.17. The van der Waals surface area contributed by atoms with E-state index in [9.17, 15) is 4.79 Å². The highest BCUT2D eigenvalue weighted by Gasteiger charge is 2.25. The molecule has 4 heteroatoms. The van der Waals surface area contributed by atoms with Gasteiger partial charge in [0, 0.05) is 0 Å². The van der Waals surface area contributed by atoms with Crippen LogP contribution >= 0.6 is 0 Å². The fourth-order valence-corrected chi connectivity index (χ4v) is 1.26. The van der Waals surface area contributed by atoms with Crippen LogP contribution in [0.3, 0.4) is 0 Å². The van der Waals surface area contributed by atoms with Crippen LogP contribution in [-0.4, -0.2) is 12.0 Å². The summed E-state index contributed by atoms with van der Waals surface area (Å²) in [4.78, 5) is 11.1. The van der Waals surface area contributed by atoms with Crippen LogP contribution in [0.25, 0.3) is 0 Å². The average molecular weight is 202 g/mol. The SMILES string of the molecule is N#Cc1ccc(C(N)=O)c(OC2CC2)c1. The van der Waals surface area contributed by atoms with Crippen molar-refractivity contribution in [3.63, 3.8) is 0 Å². The van der Waals surface area contributed by atoms with Crippen molar-refractivity contribution in [3.05, 3.63) is 29.3 Å². The van der Waals surface area contributed by atoms with Gasteiger partial charge in [0.1, 0.15) is 5.75 Å². The molecule has 1 aliphatic rings. The summed E-state index contributed by atoms with van der Waals surface area (Å²) < 4.78 is 5.51. The molecule has 2 N–H and O–H groups in total. The highest BCUT2D eigenvalue weighted by Crippen LogP contribution is 2.29. The number of primary amides is 1. The van der Waals surface area contributed by atoms with E-state index in [-0.39, 0.29) is 6.10 Å². The molecule has 0 bridgehead atoms. The van der Waals surface area contributed by atoms with Gasteiger partial charge in [-0.1, -0.05) is 0 Å². The minimum absolute atomic E-state index is 0.178. The predicted octanol–water partition coefficient (Wildman–Crippen LogP) is 1.20. The first-order valence-electron chi connectivity index (χ1n) is 4.71. The maximum atomic E-state index is 11.1. The molecule has 15 heavy (non-hydrogen) atoms. The molecule has 1 aromatic rings. The average Bonchev–Trinajstić information content (AvgIpc) is 3.01. The minimum atomic E-state index is -0.532. The summed E-state index contributed by atoms with van der Waals surface area (Å²) in [6, 6.07) is 6.63. The van der Waals surface area contributed by atoms with Gasteiger partial charge in [0.25, 0.3) is 5.91 Å². The molecule has 0 atom stereocenters. The van der Waals surface area contributed by atoms with Crippen molar-refractivity contribution in [1.29, 1.82) is 5.26 Å². The lowest BCUT2D eigenvalue weighted by molar-refractivity contribution is 0.0996. The number of benzene rings is 1. The normalized spacial score (nSPS) is 14.3. The Morgan fingerprint density at radius 1 is 1.53 bits per heavy atom. The lowest BCUT2D eigenvalue weighted by atomic mass is 10.1. The number of rotatable bonds is 3. The highest BCUT2D eigenvalue weighted by atomic mass is 16.5. The number of ether oxygens (including phenoxy) is 1. The second-order valence-corrected chi connectivity index (χ2v) is 3.50. The van der Waals surface area contributed by atoms with E-state index in [2.05, 4.69) is 0 Å². The molecule has 1 aliphatic carbocycles. The van der Waals surface area contributed by atoms with E-state index >= 15 is 0 Å². The Bertz CT molecular complexity index is 444. The zero-order valence-electron chi connectivity index (χ0n) is 8.06. The molecular formula is C11H10N2O2. The Balaban J connectivity index is 2.36. The fraction of sp³-hybridized carbons (Fsp3) is 0.273. The van der Waals surface area contributed by atoms with Crippen LogP contribution in [0.1, 0.15) is 28.8 Å². The van der Waals surface area contributed by atoms with E-state index in [0.717, 1.165) is 12.8 Å². The van der Waals surface area contributed by atoms with Crippen molar-refractivity contribution in [1.82, 2.24) is 0 Å². The zero-order chi connectivity index (χ0) is 10.8. The van der Waals surface area contributed by atoms with Gasteiger partial charge in [-0.3, -0.25) is 4.79 Å². The summed E-state index contributed by atoms with van der Waals surface area (Å²) in [6.45, 7) is 0. The standard InChI is InChI=1S/C11H10N2O2/c12-6-7-1-4-9(11(13)14)10(5-7)15-8-2-3-8/h1,4-5,8H,2-3H2,(H2,13,14). The summed E-state index contributed by atoms with van der Waals surface area (Å²) in [7, 11) is 0. The van der Waals surface area contributed by atoms with Crippen LogP contribution in [-0.2, 0) is 0 Å². The predicted molar refractivity (Wildman–Crippen MR) is 53.3 cm³/mol. The van der Waals surface area contributed by atoms with Crippen LogP contribution < -0.4 is 10.5 Å². The van der Waals surface area contributed by atoms with E-state index in [1.165, 1.54) is 6.07 Å². The van der Waals surface area contributed by atoms with Crippen LogP contribution in [0, 0.1) is 11.3 Å². The van der Waals surface area contributed by atoms with E-state index in [0.29, 0.717) is 16.9 Å². The van der Waals surface area contributed by atoms with Gasteiger partial charge in [-0.25, -0.2) is 0 Å². The lowest BCUT2D eigenvalue weighted by Gasteiger charge is -2.08. The third-order valence-electron chi connectivity index (χ3n) is 2.19. The Kier molecular flexibility index (Phi) is 2.30. The van der Waals surface area contributed by atoms with Crippen molar-refractivity contribution in [2.24, 2.45) is 5.73 Å². The Labute approximate surface area is 87.3 Å². The largest absolute Gasteiger partial charge is 0.490 e. The summed E-state index contributed by atoms with van der Waals surface area (Å²) >= 11 is 0. The number of amides is 1. The second kappa shape index (κ2) is 3.62. The highest BCUT2D eigenvalue weighted by molar-refractivity contribution is 5.95. The molecular weight excluding hydrogens is 192 g/mol. The molecule has 4 nitrogen and oxygen atoms in total. The molecule has 0 aliphatic heterocycles. The number of carbonyl (C=O) groups excluding carboxylic acids is 1. The van der Waals surface area contributed by atoms with Gasteiger partial charge in [-0.15, -0.1) is 0 Å². The number of nitrogens with two attached hydrogens (primary N) is 1. The third-order valence-corrected chi connectivity index (χ3v) is 2.19. The summed E-state index contributed by atoms with van der Waals surface area (Å²) in [5.41, 5.74) is 6.00. The van der Waals surface area contributed by atoms with Gasteiger partial charge in [0.15, 0.2) is 0 Å². The van der Waals surface area contributed by atoms with Crippen molar-refractivity contribution < 1.29 is 9.53 Å². The van der Waals surface area contributed by atoms with E-state index in [1.807, 2.05) is 6.07 Å². The Morgan fingerprint density at radius 3 is 2.80 bits per heavy atom. The quantitative estimate of drug-likeness (QED) is 0.800. The molecule has 0 saturated heterocycles. The van der Waals surface area contributed by atoms with Crippen molar-refractivity contribution in [2.45, 2.75) is 18.9 Å². The molecule has 2 rings (SSSR count). The number of carbonyl (C=O) groups is 1. The molecule has 1 amide bonds. The number of nitriles is 1. The zero-order valence-corrected chi connectivity index (χ0v) is 8.06. The lowest BCUT2D eigenvalue weighted by Crippen LogP contribution is -2.13. The van der Waals surface area contributed by atoms with Crippen LogP contribution in [0.5, 0.6) is 5.75 Å². The first kappa shape index (κ1) is 9.53. The van der Waals surface area contributed by atoms with E-state index in [4.69, 9.17) is 15.7 Å². The third kappa shape index (κ3) is 2.08. The maximum absolute atomic E-state index is 11.1. The molecule has 0 aromatic heterocycles. The second-order valence-electron chi connectivity index (χ2n) is 3.50. The number of hydrogen-bond acceptors (Lipinski definition) is 3. The Morgan fingerprint density at radius 2 is 2.27 bits per heavy atom. The molecule has 1 aromatic carbocycles. The van der Waals surface area contributed by atoms with Gasteiger partial charge < -0.3 is 10.5 Å². The van der Waals surface area contributed by atoms with Crippen LogP contribution in [0.15, 0.2) is 18.2 Å². The van der Waals surface area contributed by atoms with Gasteiger partial charge >= 0.3 is 0 Å². The molecule has 0 unspecified atom stereocenters. The molecule has 1 fully saturated rings. The van der Waals surface area contributed by atoms with Gasteiger partial charge in [-0.2, -0.15) is 5.26 Å². The topological polar surface area (TPSA) is 76.1 Å². The van der Waals surface area contributed by atoms with Crippen LogP contribution in [0.2, 0.25) is 0 Å². The molecule has 0 spiro atoms. The molecule has 76 valence electrons. The molecule has 1 saturated carbocycles. The van der Waals surface area contributed by atoms with E-state index in [1.54, 1.807) is 12.1 Å². The van der Waals surface area contributed by atoms with Crippen molar-refractivity contribution >= 4 is 5.91 Å². The number of nitrogens with zero attached hydrogens (tertiary/aromatic N) is 1. The number of hydrogen-bond donors (Lipinski definition) is 1. The Hall–Kier alpha value is -2.02. The summed E-state index contributed by atoms with van der Waals surface area (Å²) in [5, 5.41) is 8.72.